The summed E-state index contributed by atoms with van der Waals surface area (Å²) in [6, 6.07) is 5.53. The first-order valence-corrected chi connectivity index (χ1v) is 7.71. The van der Waals surface area contributed by atoms with Crippen molar-refractivity contribution in [3.05, 3.63) is 23.9 Å². The highest BCUT2D eigenvalue weighted by molar-refractivity contribution is 6.02. The quantitative estimate of drug-likeness (QED) is 0.931. The molecule has 2 aromatic rings. The van der Waals surface area contributed by atoms with Gasteiger partial charge in [-0.15, -0.1) is 0 Å². The van der Waals surface area contributed by atoms with Gasteiger partial charge in [0.15, 0.2) is 0 Å². The number of aryl methyl sites for hydroxylation is 1. The van der Waals surface area contributed by atoms with Crippen molar-refractivity contribution < 1.29 is 19.4 Å². The fourth-order valence-corrected chi connectivity index (χ4v) is 3.29. The molecule has 0 aliphatic carbocycles. The number of carbonyl (C=O) groups is 1. The van der Waals surface area contributed by atoms with Crippen molar-refractivity contribution in [2.24, 2.45) is 13.0 Å². The molecule has 1 aliphatic rings. The van der Waals surface area contributed by atoms with Gasteiger partial charge in [0.05, 0.1) is 19.7 Å². The van der Waals surface area contributed by atoms with Crippen molar-refractivity contribution in [1.82, 2.24) is 9.47 Å². The molecule has 23 heavy (non-hydrogen) atoms. The number of hydrogen-bond acceptors (Lipinski definition) is 4. The Morgan fingerprint density at radius 3 is 2.61 bits per heavy atom. The van der Waals surface area contributed by atoms with Crippen molar-refractivity contribution >= 4 is 16.8 Å². The first-order chi connectivity index (χ1) is 11.1. The van der Waals surface area contributed by atoms with Gasteiger partial charge >= 0.3 is 0 Å². The molecule has 1 unspecified atom stereocenters. The fourth-order valence-electron chi connectivity index (χ4n) is 3.29. The van der Waals surface area contributed by atoms with Crippen molar-refractivity contribution in [3.8, 4) is 11.5 Å². The van der Waals surface area contributed by atoms with Gasteiger partial charge < -0.3 is 24.0 Å². The number of fused-ring (bicyclic) bond motifs is 1. The summed E-state index contributed by atoms with van der Waals surface area (Å²) in [5.41, 5.74) is 1.44. The second kappa shape index (κ2) is 6.12. The molecule has 1 fully saturated rings. The van der Waals surface area contributed by atoms with Crippen LogP contribution in [-0.2, 0) is 7.05 Å². The number of rotatable bonds is 4. The Labute approximate surface area is 135 Å². The Morgan fingerprint density at radius 1 is 1.30 bits per heavy atom. The van der Waals surface area contributed by atoms with E-state index in [-0.39, 0.29) is 18.4 Å². The van der Waals surface area contributed by atoms with Crippen molar-refractivity contribution in [1.29, 1.82) is 0 Å². The SMILES string of the molecule is COc1ccc(OC)c2c1cc(C(=O)N1CCC(CO)C1)n2C. The lowest BCUT2D eigenvalue weighted by molar-refractivity contribution is 0.0773. The minimum absolute atomic E-state index is 0.0243. The summed E-state index contributed by atoms with van der Waals surface area (Å²) in [6.45, 7) is 1.41. The molecule has 3 rings (SSSR count). The van der Waals surface area contributed by atoms with Crippen LogP contribution < -0.4 is 9.47 Å². The lowest BCUT2D eigenvalue weighted by Crippen LogP contribution is -2.30. The molecule has 1 N–H and O–H groups in total. The summed E-state index contributed by atoms with van der Waals surface area (Å²) in [7, 11) is 5.08. The third kappa shape index (κ3) is 2.53. The van der Waals surface area contributed by atoms with E-state index in [0.717, 1.165) is 17.3 Å². The molecule has 0 spiro atoms. The number of ether oxygens (including phenoxy) is 2. The van der Waals surface area contributed by atoms with E-state index in [1.54, 1.807) is 19.1 Å². The van der Waals surface area contributed by atoms with Gasteiger partial charge in [0.1, 0.15) is 17.2 Å². The Kier molecular flexibility index (Phi) is 4.17. The first kappa shape index (κ1) is 15.7. The maximum absolute atomic E-state index is 12.8. The van der Waals surface area contributed by atoms with Gasteiger partial charge in [0.25, 0.3) is 5.91 Å². The molecular formula is C17H22N2O4. The molecule has 1 aromatic heterocycles. The van der Waals surface area contributed by atoms with Crippen LogP contribution in [0.25, 0.3) is 10.9 Å². The number of carbonyl (C=O) groups excluding carboxylic acids is 1. The smallest absolute Gasteiger partial charge is 0.270 e. The topological polar surface area (TPSA) is 63.9 Å². The van der Waals surface area contributed by atoms with E-state index in [0.29, 0.717) is 30.3 Å². The van der Waals surface area contributed by atoms with E-state index >= 15 is 0 Å². The zero-order valence-corrected chi connectivity index (χ0v) is 13.7. The fraction of sp³-hybridized carbons (Fsp3) is 0.471. The minimum Gasteiger partial charge on any atom is -0.496 e. The lowest BCUT2D eigenvalue weighted by Gasteiger charge is -2.16. The van der Waals surface area contributed by atoms with Crippen LogP contribution in [0.2, 0.25) is 0 Å². The number of benzene rings is 1. The maximum atomic E-state index is 12.8. The first-order valence-electron chi connectivity index (χ1n) is 7.71. The van der Waals surface area contributed by atoms with Crippen molar-refractivity contribution in [2.45, 2.75) is 6.42 Å². The Balaban J connectivity index is 2.05. The maximum Gasteiger partial charge on any atom is 0.270 e. The van der Waals surface area contributed by atoms with Gasteiger partial charge in [-0.3, -0.25) is 4.79 Å². The van der Waals surface area contributed by atoms with E-state index < -0.39 is 0 Å². The summed E-state index contributed by atoms with van der Waals surface area (Å²) in [6.07, 6.45) is 0.846. The van der Waals surface area contributed by atoms with Crippen molar-refractivity contribution in [3.63, 3.8) is 0 Å². The normalized spacial score (nSPS) is 17.7. The predicted molar refractivity (Wildman–Crippen MR) is 87.1 cm³/mol. The lowest BCUT2D eigenvalue weighted by atomic mass is 10.1. The van der Waals surface area contributed by atoms with Crippen LogP contribution in [0.5, 0.6) is 11.5 Å². The van der Waals surface area contributed by atoms with E-state index in [1.165, 1.54) is 0 Å². The number of nitrogens with zero attached hydrogens (tertiary/aromatic N) is 2. The second-order valence-electron chi connectivity index (χ2n) is 5.91. The number of aliphatic hydroxyl groups is 1. The molecule has 6 heteroatoms. The molecule has 0 bridgehead atoms. The molecule has 124 valence electrons. The Bertz CT molecular complexity index is 738. The number of likely N-dealkylation sites (tertiary alicyclic amines) is 1. The molecule has 0 radical (unpaired) electrons. The largest absolute Gasteiger partial charge is 0.496 e. The van der Waals surface area contributed by atoms with E-state index in [4.69, 9.17) is 9.47 Å². The molecule has 1 aromatic carbocycles. The van der Waals surface area contributed by atoms with Gasteiger partial charge in [-0.25, -0.2) is 0 Å². The molecule has 1 saturated heterocycles. The number of methoxy groups -OCH3 is 2. The number of aromatic nitrogens is 1. The van der Waals surface area contributed by atoms with Crippen LogP contribution >= 0.6 is 0 Å². The predicted octanol–water partition coefficient (Wildman–Crippen LogP) is 1.65. The van der Waals surface area contributed by atoms with Gasteiger partial charge in [-0.1, -0.05) is 0 Å². The molecule has 2 heterocycles. The van der Waals surface area contributed by atoms with E-state index in [2.05, 4.69) is 0 Å². The molecular weight excluding hydrogens is 296 g/mol. The Morgan fingerprint density at radius 2 is 2.00 bits per heavy atom. The summed E-state index contributed by atoms with van der Waals surface area (Å²) in [4.78, 5) is 14.6. The summed E-state index contributed by atoms with van der Waals surface area (Å²) in [5, 5.41) is 10.1. The van der Waals surface area contributed by atoms with E-state index in [1.807, 2.05) is 29.8 Å². The molecule has 1 aliphatic heterocycles. The molecule has 1 atom stereocenters. The highest BCUT2D eigenvalue weighted by atomic mass is 16.5. The van der Waals surface area contributed by atoms with Gasteiger partial charge in [-0.05, 0) is 24.6 Å². The summed E-state index contributed by atoms with van der Waals surface area (Å²) in [5.74, 6) is 1.57. The van der Waals surface area contributed by atoms with Gasteiger partial charge in [0, 0.05) is 38.0 Å². The second-order valence-corrected chi connectivity index (χ2v) is 5.91. The number of aliphatic hydroxyl groups excluding tert-OH is 1. The highest BCUT2D eigenvalue weighted by Crippen LogP contribution is 2.35. The van der Waals surface area contributed by atoms with Crippen LogP contribution in [-0.4, -0.2) is 54.4 Å². The minimum atomic E-state index is -0.0243. The number of amides is 1. The van der Waals surface area contributed by atoms with Gasteiger partial charge in [-0.2, -0.15) is 0 Å². The van der Waals surface area contributed by atoms with Crippen LogP contribution in [0.1, 0.15) is 16.9 Å². The average Bonchev–Trinajstić information content (AvgIpc) is 3.19. The van der Waals surface area contributed by atoms with E-state index in [9.17, 15) is 9.90 Å². The van der Waals surface area contributed by atoms with Gasteiger partial charge in [0.2, 0.25) is 0 Å². The third-order valence-electron chi connectivity index (χ3n) is 4.61. The molecule has 0 saturated carbocycles. The summed E-state index contributed by atoms with van der Waals surface area (Å²) < 4.78 is 12.7. The van der Waals surface area contributed by atoms with Crippen molar-refractivity contribution in [2.75, 3.05) is 33.9 Å². The monoisotopic (exact) mass is 318 g/mol. The van der Waals surface area contributed by atoms with Crippen LogP contribution in [0.3, 0.4) is 0 Å². The zero-order valence-electron chi connectivity index (χ0n) is 13.7. The van der Waals surface area contributed by atoms with Crippen LogP contribution in [0, 0.1) is 5.92 Å². The molecule has 6 nitrogen and oxygen atoms in total. The Hall–Kier alpha value is -2.21. The average molecular weight is 318 g/mol. The highest BCUT2D eigenvalue weighted by Gasteiger charge is 2.29. The zero-order chi connectivity index (χ0) is 16.6. The van der Waals surface area contributed by atoms with Crippen LogP contribution in [0.15, 0.2) is 18.2 Å². The molecule has 1 amide bonds. The third-order valence-corrected chi connectivity index (χ3v) is 4.61. The summed E-state index contributed by atoms with van der Waals surface area (Å²) >= 11 is 0. The van der Waals surface area contributed by atoms with Crippen LogP contribution in [0.4, 0.5) is 0 Å². The standard InChI is InChI=1S/C17H22N2O4/c1-18-13(17(21)19-7-6-11(9-19)10-20)8-12-14(22-2)4-5-15(23-3)16(12)18/h4-5,8,11,20H,6-7,9-10H2,1-3H3. The number of hydrogen-bond donors (Lipinski definition) is 1.